The molecule has 0 fully saturated rings. The molecule has 0 radical (unpaired) electrons. The van der Waals surface area contributed by atoms with Crippen molar-refractivity contribution in [2.45, 2.75) is 139 Å². The molecule has 3 aliphatic rings. The smallest absolute Gasteiger partial charge is 0.507 e. The number of anilines is 3. The van der Waals surface area contributed by atoms with Crippen molar-refractivity contribution in [1.29, 1.82) is 0 Å². The van der Waals surface area contributed by atoms with Crippen molar-refractivity contribution in [2.75, 3.05) is 4.90 Å². The molecule has 0 bridgehead atoms. The second-order valence-electron chi connectivity index (χ2n) is 21.8. The van der Waals surface area contributed by atoms with E-state index in [0.29, 0.717) is 17.4 Å². The van der Waals surface area contributed by atoms with Crippen LogP contribution in [0.2, 0.25) is 0 Å². The number of benzene rings is 5. The Morgan fingerprint density at radius 3 is 2.00 bits per heavy atom. The van der Waals surface area contributed by atoms with E-state index in [0.717, 1.165) is 45.9 Å². The van der Waals surface area contributed by atoms with Gasteiger partial charge in [0, 0.05) is 51.8 Å². The molecular weight excluding hydrogens is 966 g/mol. The van der Waals surface area contributed by atoms with E-state index in [2.05, 4.69) is 201 Å². The number of rotatable bonds is 5. The van der Waals surface area contributed by atoms with E-state index in [1.165, 1.54) is 61.2 Å². The first-order valence-electron chi connectivity index (χ1n) is 22.6. The molecule has 2 atom stereocenters. The van der Waals surface area contributed by atoms with Gasteiger partial charge in [0.05, 0.1) is 5.54 Å². The quantitative estimate of drug-likeness (QED) is 0.161. The Morgan fingerprint density at radius 2 is 1.33 bits per heavy atom. The number of aliphatic imine (C=N–C) groups is 1. The van der Waals surface area contributed by atoms with Crippen molar-refractivity contribution >= 4 is 23.1 Å². The van der Waals surface area contributed by atoms with Gasteiger partial charge in [0.2, 0.25) is 0 Å². The molecule has 6 heteroatoms. The van der Waals surface area contributed by atoms with Crippen LogP contribution in [0.1, 0.15) is 135 Å². The molecule has 2 aliphatic heterocycles. The SMILES string of the molecule is Cc1cc(Oc2[c-]c(C3=N[C@]4(C)Cc5cc(C)c(C)cc5[C@]4(C(C)(C)C)O3)cc(-c3c(C)cc(C)cc3C)c2)[c-]c(N2c3ccc(C(C)(C)C)cc3C(C)(C)c3cc(C)cnc32)c1.[Pt+2]. The number of nitrogens with zero attached hydrogens (tertiary/aromatic N) is 3. The first-order valence-corrected chi connectivity index (χ1v) is 22.6. The van der Waals surface area contributed by atoms with Crippen LogP contribution in [0.3, 0.4) is 0 Å². The molecule has 1 aliphatic carbocycles. The average molecular weight is 1030 g/mol. The topological polar surface area (TPSA) is 47.0 Å². The summed E-state index contributed by atoms with van der Waals surface area (Å²) in [6.45, 7) is 35.8. The Balaban J connectivity index is 0.00000560. The van der Waals surface area contributed by atoms with E-state index in [-0.39, 0.29) is 37.3 Å². The van der Waals surface area contributed by atoms with Crippen molar-refractivity contribution in [3.8, 4) is 22.6 Å². The predicted octanol–water partition coefficient (Wildman–Crippen LogP) is 14.7. The third-order valence-electron chi connectivity index (χ3n) is 14.2. The van der Waals surface area contributed by atoms with Crippen molar-refractivity contribution in [3.05, 3.63) is 163 Å². The summed E-state index contributed by atoms with van der Waals surface area (Å²) < 4.78 is 14.4. The van der Waals surface area contributed by atoms with Crippen molar-refractivity contribution in [3.63, 3.8) is 0 Å². The zero-order valence-corrected chi connectivity index (χ0v) is 43.0. The second-order valence-corrected chi connectivity index (χ2v) is 21.8. The van der Waals surface area contributed by atoms with Crippen LogP contribution in [0.25, 0.3) is 11.1 Å². The summed E-state index contributed by atoms with van der Waals surface area (Å²) >= 11 is 0. The van der Waals surface area contributed by atoms with Gasteiger partial charge in [-0.15, -0.1) is 24.3 Å². The standard InChI is InChI=1S/C58H63N3O2.Pt/c1-33-19-38(6)51(39(7)20-33)40-26-41(53-60-57(16)31-42-24-36(4)37(5)25-47(42)58(57,63-53)55(11,12)13)28-46(27-40)62-45-22-34(2)21-44(30-45)61-50-18-17-43(54(8,9)10)29-48(50)56(14,15)49-23-35(3)32-59-52(49)61;/h17-27,29,32H,31H2,1-16H3;/q-2;+2/t57-,58-;/m1./s1. The fraction of sp³-hybridized carbons (Fsp3) is 0.379. The summed E-state index contributed by atoms with van der Waals surface area (Å²) in [5.41, 5.74) is 17.9. The van der Waals surface area contributed by atoms with Crippen LogP contribution in [0.4, 0.5) is 17.2 Å². The maximum Gasteiger partial charge on any atom is 2.00 e. The van der Waals surface area contributed by atoms with Crippen LogP contribution in [-0.4, -0.2) is 16.4 Å². The normalized spacial score (nSPS) is 19.5. The predicted molar refractivity (Wildman–Crippen MR) is 260 cm³/mol. The Kier molecular flexibility index (Phi) is 10.9. The zero-order chi connectivity index (χ0) is 45.3. The van der Waals surface area contributed by atoms with Gasteiger partial charge in [-0.3, -0.25) is 4.99 Å². The molecule has 1 aromatic heterocycles. The average Bonchev–Trinajstić information content (AvgIpc) is 3.61. The molecule has 5 aromatic carbocycles. The molecule has 9 rings (SSSR count). The van der Waals surface area contributed by atoms with Crippen LogP contribution < -0.4 is 9.64 Å². The Hall–Kier alpha value is -4.99. The minimum atomic E-state index is -0.668. The number of hydrogen-bond donors (Lipinski definition) is 0. The maximum atomic E-state index is 7.40. The number of pyridine rings is 1. The molecule has 332 valence electrons. The Morgan fingerprint density at radius 1 is 0.672 bits per heavy atom. The minimum absolute atomic E-state index is 0. The third-order valence-corrected chi connectivity index (χ3v) is 14.2. The molecule has 3 heterocycles. The second kappa shape index (κ2) is 15.3. The Labute approximate surface area is 397 Å². The number of hydrogen-bond acceptors (Lipinski definition) is 5. The molecule has 0 saturated heterocycles. The summed E-state index contributed by atoms with van der Waals surface area (Å²) in [5, 5.41) is 0. The van der Waals surface area contributed by atoms with Crippen LogP contribution >= 0.6 is 0 Å². The van der Waals surface area contributed by atoms with Crippen LogP contribution in [-0.2, 0) is 48.7 Å². The molecule has 0 N–H and O–H groups in total. The van der Waals surface area contributed by atoms with E-state index in [9.17, 15) is 0 Å². The van der Waals surface area contributed by atoms with Gasteiger partial charge < -0.3 is 14.4 Å². The molecule has 0 spiro atoms. The summed E-state index contributed by atoms with van der Waals surface area (Å²) in [5.74, 6) is 2.67. The van der Waals surface area contributed by atoms with E-state index in [1.54, 1.807) is 0 Å². The van der Waals surface area contributed by atoms with Gasteiger partial charge in [0.25, 0.3) is 0 Å². The largest absolute Gasteiger partial charge is 2.00 e. The zero-order valence-electron chi connectivity index (χ0n) is 40.7. The van der Waals surface area contributed by atoms with Crippen molar-refractivity contribution in [1.82, 2.24) is 4.98 Å². The minimum Gasteiger partial charge on any atom is -0.507 e. The van der Waals surface area contributed by atoms with Crippen LogP contribution in [0.15, 0.2) is 84.0 Å². The van der Waals surface area contributed by atoms with Crippen molar-refractivity contribution < 1.29 is 30.5 Å². The monoisotopic (exact) mass is 1030 g/mol. The fourth-order valence-corrected chi connectivity index (χ4v) is 11.1. The molecule has 0 amide bonds. The molecule has 64 heavy (non-hydrogen) atoms. The van der Waals surface area contributed by atoms with Gasteiger partial charge >= 0.3 is 21.1 Å². The van der Waals surface area contributed by atoms with E-state index in [4.69, 9.17) is 19.5 Å². The first-order chi connectivity index (χ1) is 29.4. The number of aryl methyl sites for hydroxylation is 7. The van der Waals surface area contributed by atoms with E-state index >= 15 is 0 Å². The maximum absolute atomic E-state index is 7.40. The molecule has 6 aromatic rings. The number of aromatic nitrogens is 1. The van der Waals surface area contributed by atoms with Gasteiger partial charge in [-0.25, -0.2) is 4.98 Å². The van der Waals surface area contributed by atoms with Crippen LogP contribution in [0.5, 0.6) is 11.5 Å². The molecule has 0 unspecified atom stereocenters. The Bertz CT molecular complexity index is 2900. The van der Waals surface area contributed by atoms with Crippen molar-refractivity contribution in [2.24, 2.45) is 10.4 Å². The fourth-order valence-electron chi connectivity index (χ4n) is 11.1. The molecule has 5 nitrogen and oxygen atoms in total. The summed E-state index contributed by atoms with van der Waals surface area (Å²) in [7, 11) is 0. The number of fused-ring (bicyclic) bond motifs is 5. The first kappa shape index (κ1) is 45.6. The van der Waals surface area contributed by atoms with Crippen LogP contribution in [0, 0.1) is 66.0 Å². The van der Waals surface area contributed by atoms with Gasteiger partial charge in [-0.05, 0) is 116 Å². The molecule has 0 saturated carbocycles. The van der Waals surface area contributed by atoms with E-state index in [1.807, 2.05) is 6.20 Å². The summed E-state index contributed by atoms with van der Waals surface area (Å²) in [6, 6.07) is 34.3. The van der Waals surface area contributed by atoms with Gasteiger partial charge in [0.15, 0.2) is 5.60 Å². The molecular formula is C58H63N3O2Pt. The van der Waals surface area contributed by atoms with Gasteiger partial charge in [-0.1, -0.05) is 133 Å². The summed E-state index contributed by atoms with van der Waals surface area (Å²) in [6.07, 6.45) is 2.77. The van der Waals surface area contributed by atoms with E-state index < -0.39 is 11.1 Å². The third kappa shape index (κ3) is 7.16. The van der Waals surface area contributed by atoms with Gasteiger partial charge in [-0.2, -0.15) is 5.56 Å². The van der Waals surface area contributed by atoms with Gasteiger partial charge in [0.1, 0.15) is 11.7 Å². The summed E-state index contributed by atoms with van der Waals surface area (Å²) in [4.78, 5) is 12.9. The number of ether oxygens (including phenoxy) is 2.